The molecule has 0 aromatic carbocycles. The zero-order valence-electron chi connectivity index (χ0n) is 7.40. The molecule has 0 fully saturated rings. The van der Waals surface area contributed by atoms with Crippen LogP contribution in [-0.4, -0.2) is 26.6 Å². The summed E-state index contributed by atoms with van der Waals surface area (Å²) in [6, 6.07) is 0.256. The van der Waals surface area contributed by atoms with Gasteiger partial charge in [-0.1, -0.05) is 18.7 Å². The number of aryl methyl sites for hydroxylation is 1. The smallest absolute Gasteiger partial charge is 0.190 e. The molecule has 1 rings (SSSR count). The Hall–Kier alpha value is -0.550. The summed E-state index contributed by atoms with van der Waals surface area (Å²) in [6.45, 7) is 2.09. The topological polar surface area (TPSA) is 56.7 Å². The molecule has 1 heterocycles. The minimum Gasteiger partial charge on any atom is -0.327 e. The molecule has 0 saturated carbocycles. The number of nitrogens with zero attached hydrogens (tertiary/aromatic N) is 3. The summed E-state index contributed by atoms with van der Waals surface area (Å²) in [4.78, 5) is 0. The number of hydrogen-bond acceptors (Lipinski definition) is 4. The van der Waals surface area contributed by atoms with E-state index in [0.717, 1.165) is 17.3 Å². The molecule has 2 N–H and O–H groups in total. The molecule has 0 amide bonds. The van der Waals surface area contributed by atoms with Crippen molar-refractivity contribution in [2.75, 3.05) is 5.75 Å². The first-order valence-electron chi connectivity index (χ1n) is 3.96. The van der Waals surface area contributed by atoms with E-state index in [-0.39, 0.29) is 6.04 Å². The molecule has 0 spiro atoms. The predicted molar refractivity (Wildman–Crippen MR) is 50.0 cm³/mol. The lowest BCUT2D eigenvalue weighted by molar-refractivity contribution is 0.719. The Labute approximate surface area is 76.5 Å². The normalized spacial score (nSPS) is 13.2. The first-order chi connectivity index (χ1) is 5.74. The van der Waals surface area contributed by atoms with Crippen LogP contribution in [0.4, 0.5) is 0 Å². The number of hydrogen-bond donors (Lipinski definition) is 1. The second-order valence-corrected chi connectivity index (χ2v) is 3.69. The fraction of sp³-hybridized carbons (Fsp3) is 0.714. The highest BCUT2D eigenvalue weighted by Crippen LogP contribution is 2.14. The van der Waals surface area contributed by atoms with Crippen LogP contribution in [-0.2, 0) is 7.05 Å². The van der Waals surface area contributed by atoms with Crippen molar-refractivity contribution >= 4 is 11.8 Å². The van der Waals surface area contributed by atoms with Crippen molar-refractivity contribution < 1.29 is 0 Å². The Bertz CT molecular complexity index is 235. The maximum absolute atomic E-state index is 5.76. The van der Waals surface area contributed by atoms with E-state index in [1.807, 2.05) is 11.6 Å². The predicted octanol–water partition coefficient (Wildman–Crippen LogP) is 0.644. The van der Waals surface area contributed by atoms with Crippen LogP contribution in [0, 0.1) is 0 Å². The summed E-state index contributed by atoms with van der Waals surface area (Å²) in [7, 11) is 1.93. The molecule has 0 bridgehead atoms. The maximum atomic E-state index is 5.76. The van der Waals surface area contributed by atoms with E-state index in [4.69, 9.17) is 5.73 Å². The van der Waals surface area contributed by atoms with Crippen molar-refractivity contribution in [3.63, 3.8) is 0 Å². The van der Waals surface area contributed by atoms with E-state index in [9.17, 15) is 0 Å². The van der Waals surface area contributed by atoms with Crippen molar-refractivity contribution in [2.45, 2.75) is 24.5 Å². The molecule has 0 aliphatic heterocycles. The lowest BCUT2D eigenvalue weighted by Gasteiger charge is -2.06. The highest BCUT2D eigenvalue weighted by molar-refractivity contribution is 7.99. The van der Waals surface area contributed by atoms with Gasteiger partial charge in [0.2, 0.25) is 0 Å². The summed E-state index contributed by atoms with van der Waals surface area (Å²) in [5.74, 6) is 0.906. The van der Waals surface area contributed by atoms with Gasteiger partial charge in [-0.25, -0.2) is 0 Å². The third kappa shape index (κ3) is 2.49. The summed E-state index contributed by atoms with van der Waals surface area (Å²) in [5, 5.41) is 8.65. The number of nitrogens with two attached hydrogens (primary N) is 1. The maximum Gasteiger partial charge on any atom is 0.190 e. The quantitative estimate of drug-likeness (QED) is 0.701. The van der Waals surface area contributed by atoms with Crippen LogP contribution in [0.3, 0.4) is 0 Å². The SMILES string of the molecule is CCC(N)CSc1nncn1C. The summed E-state index contributed by atoms with van der Waals surface area (Å²) >= 11 is 1.65. The van der Waals surface area contributed by atoms with Gasteiger partial charge in [0.15, 0.2) is 5.16 Å². The molecule has 4 nitrogen and oxygen atoms in total. The second kappa shape index (κ2) is 4.47. The fourth-order valence-corrected chi connectivity index (χ4v) is 1.66. The van der Waals surface area contributed by atoms with Gasteiger partial charge in [0, 0.05) is 18.8 Å². The van der Waals surface area contributed by atoms with Crippen molar-refractivity contribution in [1.82, 2.24) is 14.8 Å². The third-order valence-corrected chi connectivity index (χ3v) is 2.84. The molecule has 0 aliphatic rings. The van der Waals surface area contributed by atoms with Crippen LogP contribution < -0.4 is 5.73 Å². The Kier molecular flexibility index (Phi) is 3.55. The van der Waals surface area contributed by atoms with Crippen LogP contribution >= 0.6 is 11.8 Å². The lowest BCUT2D eigenvalue weighted by Crippen LogP contribution is -2.21. The summed E-state index contributed by atoms with van der Waals surface area (Å²) in [6.07, 6.45) is 2.70. The average Bonchev–Trinajstić information content (AvgIpc) is 2.47. The monoisotopic (exact) mass is 186 g/mol. The average molecular weight is 186 g/mol. The minimum atomic E-state index is 0.256. The molecule has 12 heavy (non-hydrogen) atoms. The first kappa shape index (κ1) is 9.54. The van der Waals surface area contributed by atoms with Gasteiger partial charge in [-0.15, -0.1) is 10.2 Å². The van der Waals surface area contributed by atoms with Crippen LogP contribution in [0.5, 0.6) is 0 Å². The Morgan fingerprint density at radius 1 is 1.75 bits per heavy atom. The van der Waals surface area contributed by atoms with Crippen LogP contribution in [0.15, 0.2) is 11.5 Å². The van der Waals surface area contributed by atoms with Gasteiger partial charge in [0.05, 0.1) is 0 Å². The van der Waals surface area contributed by atoms with Crippen molar-refractivity contribution in [3.8, 4) is 0 Å². The molecule has 0 radical (unpaired) electrons. The first-order valence-corrected chi connectivity index (χ1v) is 4.95. The summed E-state index contributed by atoms with van der Waals surface area (Å²) < 4.78 is 1.90. The van der Waals surface area contributed by atoms with Crippen molar-refractivity contribution in [1.29, 1.82) is 0 Å². The molecule has 5 heteroatoms. The van der Waals surface area contributed by atoms with Gasteiger partial charge in [0.25, 0.3) is 0 Å². The zero-order chi connectivity index (χ0) is 8.97. The van der Waals surface area contributed by atoms with E-state index < -0.39 is 0 Å². The van der Waals surface area contributed by atoms with Crippen molar-refractivity contribution in [2.24, 2.45) is 12.8 Å². The zero-order valence-corrected chi connectivity index (χ0v) is 8.21. The van der Waals surface area contributed by atoms with Crippen molar-refractivity contribution in [3.05, 3.63) is 6.33 Å². The van der Waals surface area contributed by atoms with Gasteiger partial charge < -0.3 is 10.3 Å². The number of rotatable bonds is 4. The van der Waals surface area contributed by atoms with Gasteiger partial charge in [-0.2, -0.15) is 0 Å². The van der Waals surface area contributed by atoms with Gasteiger partial charge in [0.1, 0.15) is 6.33 Å². The molecule has 1 aromatic rings. The van der Waals surface area contributed by atoms with Crippen LogP contribution in [0.2, 0.25) is 0 Å². The van der Waals surface area contributed by atoms with E-state index in [0.29, 0.717) is 0 Å². The number of thioether (sulfide) groups is 1. The molecule has 1 unspecified atom stereocenters. The van der Waals surface area contributed by atoms with E-state index in [1.165, 1.54) is 0 Å². The van der Waals surface area contributed by atoms with Crippen LogP contribution in [0.25, 0.3) is 0 Å². The standard InChI is InChI=1S/C7H14N4S/c1-3-6(8)4-12-7-10-9-5-11(7)2/h5-6H,3-4,8H2,1-2H3. The molecule has 0 saturated heterocycles. The van der Waals surface area contributed by atoms with Gasteiger partial charge in [-0.05, 0) is 6.42 Å². The van der Waals surface area contributed by atoms with Gasteiger partial charge >= 0.3 is 0 Å². The summed E-state index contributed by atoms with van der Waals surface area (Å²) in [5.41, 5.74) is 5.76. The third-order valence-electron chi connectivity index (χ3n) is 1.62. The molecular weight excluding hydrogens is 172 g/mol. The molecular formula is C7H14N4S. The fourth-order valence-electron chi connectivity index (χ4n) is 0.703. The largest absolute Gasteiger partial charge is 0.327 e. The van der Waals surface area contributed by atoms with Gasteiger partial charge in [-0.3, -0.25) is 0 Å². The Morgan fingerprint density at radius 3 is 3.00 bits per heavy atom. The van der Waals surface area contributed by atoms with E-state index in [2.05, 4.69) is 17.1 Å². The minimum absolute atomic E-state index is 0.256. The molecule has 1 atom stereocenters. The lowest BCUT2D eigenvalue weighted by atomic mass is 10.3. The molecule has 1 aromatic heterocycles. The molecule has 68 valence electrons. The number of aromatic nitrogens is 3. The highest BCUT2D eigenvalue weighted by Gasteiger charge is 2.04. The molecule has 0 aliphatic carbocycles. The van der Waals surface area contributed by atoms with E-state index in [1.54, 1.807) is 18.1 Å². The van der Waals surface area contributed by atoms with Crippen LogP contribution in [0.1, 0.15) is 13.3 Å². The Balaban J connectivity index is 2.38. The second-order valence-electron chi connectivity index (χ2n) is 2.70. The van der Waals surface area contributed by atoms with E-state index >= 15 is 0 Å². The highest BCUT2D eigenvalue weighted by atomic mass is 32.2. The Morgan fingerprint density at radius 2 is 2.50 bits per heavy atom.